The molecule has 4 nitrogen and oxygen atoms in total. The molecule has 0 spiro atoms. The number of para-hydroxylation sites is 1. The SMILES string of the molecule is CCC(=O)NCC(=O)N1CCC[C@H](C)c2ccccc21. The van der Waals surface area contributed by atoms with Gasteiger partial charge < -0.3 is 10.2 Å². The molecule has 2 rings (SSSR count). The molecule has 2 amide bonds. The van der Waals surface area contributed by atoms with Crippen LogP contribution in [0.2, 0.25) is 0 Å². The van der Waals surface area contributed by atoms with E-state index in [1.54, 1.807) is 6.92 Å². The van der Waals surface area contributed by atoms with Crippen LogP contribution in [-0.2, 0) is 9.59 Å². The van der Waals surface area contributed by atoms with Gasteiger partial charge in [-0.3, -0.25) is 9.59 Å². The predicted octanol–water partition coefficient (Wildman–Crippen LogP) is 2.44. The number of anilines is 1. The highest BCUT2D eigenvalue weighted by Crippen LogP contribution is 2.33. The molecule has 1 aromatic rings. The molecular formula is C16H22N2O2. The zero-order valence-electron chi connectivity index (χ0n) is 12.2. The first-order valence-corrected chi connectivity index (χ1v) is 7.29. The van der Waals surface area contributed by atoms with Gasteiger partial charge in [-0.1, -0.05) is 32.0 Å². The molecule has 1 heterocycles. The van der Waals surface area contributed by atoms with Crippen LogP contribution in [0, 0.1) is 0 Å². The highest BCUT2D eigenvalue weighted by molar-refractivity contribution is 5.97. The lowest BCUT2D eigenvalue weighted by atomic mass is 9.96. The fourth-order valence-corrected chi connectivity index (χ4v) is 2.64. The summed E-state index contributed by atoms with van der Waals surface area (Å²) >= 11 is 0. The molecule has 4 heteroatoms. The van der Waals surface area contributed by atoms with Crippen molar-refractivity contribution in [1.29, 1.82) is 0 Å². The second-order valence-corrected chi connectivity index (χ2v) is 5.28. The van der Waals surface area contributed by atoms with Crippen LogP contribution in [0.4, 0.5) is 5.69 Å². The largest absolute Gasteiger partial charge is 0.347 e. The third-order valence-electron chi connectivity index (χ3n) is 3.84. The second-order valence-electron chi connectivity index (χ2n) is 5.28. The summed E-state index contributed by atoms with van der Waals surface area (Å²) in [6.45, 7) is 4.78. The topological polar surface area (TPSA) is 49.4 Å². The van der Waals surface area contributed by atoms with Crippen LogP contribution in [0.5, 0.6) is 0 Å². The molecule has 20 heavy (non-hydrogen) atoms. The lowest BCUT2D eigenvalue weighted by Gasteiger charge is -2.23. The van der Waals surface area contributed by atoms with Gasteiger partial charge in [0.2, 0.25) is 11.8 Å². The van der Waals surface area contributed by atoms with Gasteiger partial charge in [0.25, 0.3) is 0 Å². The van der Waals surface area contributed by atoms with E-state index in [2.05, 4.69) is 18.3 Å². The van der Waals surface area contributed by atoms with Crippen LogP contribution < -0.4 is 10.2 Å². The Hall–Kier alpha value is -1.84. The molecule has 0 bridgehead atoms. The molecule has 0 unspecified atom stereocenters. The summed E-state index contributed by atoms with van der Waals surface area (Å²) in [7, 11) is 0. The van der Waals surface area contributed by atoms with Crippen LogP contribution in [0.25, 0.3) is 0 Å². The third-order valence-corrected chi connectivity index (χ3v) is 3.84. The van der Waals surface area contributed by atoms with Crippen molar-refractivity contribution in [3.05, 3.63) is 29.8 Å². The number of carbonyl (C=O) groups is 2. The van der Waals surface area contributed by atoms with Crippen LogP contribution in [0.3, 0.4) is 0 Å². The third kappa shape index (κ3) is 3.18. The zero-order chi connectivity index (χ0) is 14.5. The van der Waals surface area contributed by atoms with Gasteiger partial charge in [0, 0.05) is 18.7 Å². The number of carbonyl (C=O) groups excluding carboxylic acids is 2. The average Bonchev–Trinajstić information content (AvgIpc) is 2.64. The number of hydrogen-bond acceptors (Lipinski definition) is 2. The number of nitrogens with zero attached hydrogens (tertiary/aromatic N) is 1. The summed E-state index contributed by atoms with van der Waals surface area (Å²) < 4.78 is 0. The molecule has 1 aliphatic heterocycles. The van der Waals surface area contributed by atoms with Crippen LogP contribution >= 0.6 is 0 Å². The minimum Gasteiger partial charge on any atom is -0.347 e. The monoisotopic (exact) mass is 274 g/mol. The summed E-state index contributed by atoms with van der Waals surface area (Å²) in [5, 5.41) is 2.66. The predicted molar refractivity (Wildman–Crippen MR) is 79.7 cm³/mol. The Kier molecular flexibility index (Phi) is 4.77. The maximum Gasteiger partial charge on any atom is 0.246 e. The van der Waals surface area contributed by atoms with Crippen molar-refractivity contribution >= 4 is 17.5 Å². The first kappa shape index (κ1) is 14.6. The van der Waals surface area contributed by atoms with Gasteiger partial charge >= 0.3 is 0 Å². The summed E-state index contributed by atoms with van der Waals surface area (Å²) in [4.78, 5) is 25.4. The van der Waals surface area contributed by atoms with Gasteiger partial charge in [0.15, 0.2) is 0 Å². The van der Waals surface area contributed by atoms with E-state index in [0.717, 1.165) is 25.1 Å². The maximum atomic E-state index is 12.4. The van der Waals surface area contributed by atoms with Gasteiger partial charge in [-0.2, -0.15) is 0 Å². The van der Waals surface area contributed by atoms with Crippen molar-refractivity contribution in [2.45, 2.75) is 39.0 Å². The smallest absolute Gasteiger partial charge is 0.246 e. The van der Waals surface area contributed by atoms with Gasteiger partial charge in [-0.15, -0.1) is 0 Å². The van der Waals surface area contributed by atoms with Crippen molar-refractivity contribution in [1.82, 2.24) is 5.32 Å². The molecule has 0 aliphatic carbocycles. The number of fused-ring (bicyclic) bond motifs is 1. The van der Waals surface area contributed by atoms with Crippen molar-refractivity contribution in [2.75, 3.05) is 18.0 Å². The minimum atomic E-state index is -0.0881. The molecule has 1 atom stereocenters. The Morgan fingerprint density at radius 3 is 2.85 bits per heavy atom. The van der Waals surface area contributed by atoms with E-state index in [9.17, 15) is 9.59 Å². The number of benzene rings is 1. The lowest BCUT2D eigenvalue weighted by Crippen LogP contribution is -2.40. The molecule has 0 aromatic heterocycles. The molecular weight excluding hydrogens is 252 g/mol. The fourth-order valence-electron chi connectivity index (χ4n) is 2.64. The molecule has 1 aromatic carbocycles. The van der Waals surface area contributed by atoms with Gasteiger partial charge in [0.1, 0.15) is 0 Å². The Morgan fingerprint density at radius 1 is 1.35 bits per heavy atom. The van der Waals surface area contributed by atoms with Crippen LogP contribution in [0.1, 0.15) is 44.6 Å². The number of amides is 2. The highest BCUT2D eigenvalue weighted by atomic mass is 16.2. The Balaban J connectivity index is 2.17. The van der Waals surface area contributed by atoms with E-state index in [4.69, 9.17) is 0 Å². The quantitative estimate of drug-likeness (QED) is 0.920. The Labute approximate surface area is 120 Å². The van der Waals surface area contributed by atoms with E-state index >= 15 is 0 Å². The van der Waals surface area contributed by atoms with Crippen LogP contribution in [-0.4, -0.2) is 24.9 Å². The van der Waals surface area contributed by atoms with Crippen molar-refractivity contribution in [2.24, 2.45) is 0 Å². The normalized spacial score (nSPS) is 18.1. The lowest BCUT2D eigenvalue weighted by molar-refractivity contribution is -0.124. The van der Waals surface area contributed by atoms with E-state index in [1.165, 1.54) is 5.56 Å². The first-order valence-electron chi connectivity index (χ1n) is 7.29. The molecule has 0 saturated carbocycles. The van der Waals surface area contributed by atoms with Gasteiger partial charge in [0.05, 0.1) is 6.54 Å². The Morgan fingerprint density at radius 2 is 2.10 bits per heavy atom. The Bertz CT molecular complexity index is 499. The standard InChI is InChI=1S/C16H22N2O2/c1-3-15(19)17-11-16(20)18-10-6-7-12(2)13-8-4-5-9-14(13)18/h4-5,8-9,12H,3,6-7,10-11H2,1-2H3,(H,17,19)/t12-/m0/s1. The molecule has 0 radical (unpaired) electrons. The number of nitrogens with one attached hydrogen (secondary N) is 1. The molecule has 0 saturated heterocycles. The number of hydrogen-bond donors (Lipinski definition) is 1. The van der Waals surface area contributed by atoms with E-state index in [-0.39, 0.29) is 18.4 Å². The molecule has 108 valence electrons. The highest BCUT2D eigenvalue weighted by Gasteiger charge is 2.23. The van der Waals surface area contributed by atoms with Crippen LogP contribution in [0.15, 0.2) is 24.3 Å². The van der Waals surface area contributed by atoms with Crippen molar-refractivity contribution < 1.29 is 9.59 Å². The summed E-state index contributed by atoms with van der Waals surface area (Å²) in [5.41, 5.74) is 2.22. The summed E-state index contributed by atoms with van der Waals surface area (Å²) in [6.07, 6.45) is 2.48. The molecule has 1 aliphatic rings. The summed E-state index contributed by atoms with van der Waals surface area (Å²) in [6, 6.07) is 8.07. The van der Waals surface area contributed by atoms with E-state index in [1.807, 2.05) is 23.1 Å². The fraction of sp³-hybridized carbons (Fsp3) is 0.500. The van der Waals surface area contributed by atoms with Gasteiger partial charge in [-0.25, -0.2) is 0 Å². The van der Waals surface area contributed by atoms with E-state index < -0.39 is 0 Å². The zero-order valence-corrected chi connectivity index (χ0v) is 12.2. The second kappa shape index (κ2) is 6.55. The average molecular weight is 274 g/mol. The maximum absolute atomic E-state index is 12.4. The van der Waals surface area contributed by atoms with E-state index in [0.29, 0.717) is 12.3 Å². The summed E-state index contributed by atoms with van der Waals surface area (Å²) in [5.74, 6) is 0.345. The molecule has 0 fully saturated rings. The van der Waals surface area contributed by atoms with Crippen molar-refractivity contribution in [3.8, 4) is 0 Å². The first-order chi connectivity index (χ1) is 9.63. The molecule has 1 N–H and O–H groups in total. The van der Waals surface area contributed by atoms with Gasteiger partial charge in [-0.05, 0) is 30.4 Å². The minimum absolute atomic E-state index is 0.0339. The number of rotatable bonds is 3. The van der Waals surface area contributed by atoms with Crippen molar-refractivity contribution in [3.63, 3.8) is 0 Å².